The molecule has 0 aliphatic carbocycles. The summed E-state index contributed by atoms with van der Waals surface area (Å²) in [7, 11) is 0. The molecule has 0 aromatic heterocycles. The van der Waals surface area contributed by atoms with E-state index in [4.69, 9.17) is 0 Å². The van der Waals surface area contributed by atoms with Crippen molar-refractivity contribution in [2.24, 2.45) is 0 Å². The highest BCUT2D eigenvalue weighted by Crippen LogP contribution is 2.10. The maximum absolute atomic E-state index is 3.57. The van der Waals surface area contributed by atoms with Gasteiger partial charge in [-0.1, -0.05) is 37.3 Å². The quantitative estimate of drug-likeness (QED) is 0.815. The monoisotopic (exact) mass is 218 g/mol. The fourth-order valence-electron chi connectivity index (χ4n) is 2.37. The van der Waals surface area contributed by atoms with Crippen LogP contribution in [0.2, 0.25) is 0 Å². The van der Waals surface area contributed by atoms with Crippen molar-refractivity contribution in [2.75, 3.05) is 19.6 Å². The van der Waals surface area contributed by atoms with Crippen molar-refractivity contribution < 1.29 is 0 Å². The third-order valence-electron chi connectivity index (χ3n) is 3.34. The molecule has 0 amide bonds. The Morgan fingerprint density at radius 3 is 2.75 bits per heavy atom. The van der Waals surface area contributed by atoms with Gasteiger partial charge < -0.3 is 5.32 Å². The van der Waals surface area contributed by atoms with Crippen molar-refractivity contribution >= 4 is 0 Å². The molecule has 0 spiro atoms. The number of hydrogen-bond donors (Lipinski definition) is 1. The van der Waals surface area contributed by atoms with Crippen LogP contribution >= 0.6 is 0 Å². The number of hydrogen-bond acceptors (Lipinski definition) is 2. The van der Waals surface area contributed by atoms with E-state index in [2.05, 4.69) is 47.5 Å². The average Bonchev–Trinajstić information content (AvgIpc) is 2.82. The second kappa shape index (κ2) is 6.02. The maximum atomic E-state index is 3.57. The zero-order valence-electron chi connectivity index (χ0n) is 10.2. The first-order chi connectivity index (χ1) is 7.88. The Morgan fingerprint density at radius 1 is 1.31 bits per heavy atom. The summed E-state index contributed by atoms with van der Waals surface area (Å²) < 4.78 is 0. The van der Waals surface area contributed by atoms with Crippen LogP contribution in [0.3, 0.4) is 0 Å². The molecular formula is C14H22N2. The Kier molecular flexibility index (Phi) is 4.37. The van der Waals surface area contributed by atoms with Crippen molar-refractivity contribution in [1.29, 1.82) is 0 Å². The molecule has 1 N–H and O–H groups in total. The molecule has 2 nitrogen and oxygen atoms in total. The summed E-state index contributed by atoms with van der Waals surface area (Å²) in [5.74, 6) is 0. The summed E-state index contributed by atoms with van der Waals surface area (Å²) in [4.78, 5) is 2.53. The number of nitrogens with zero attached hydrogens (tertiary/aromatic N) is 1. The SMILES string of the molecule is CCN(Cc1ccccc1)C[C@@H]1CCCN1. The zero-order valence-corrected chi connectivity index (χ0v) is 10.2. The number of rotatable bonds is 5. The minimum atomic E-state index is 0.712. The second-order valence-corrected chi connectivity index (χ2v) is 4.61. The summed E-state index contributed by atoms with van der Waals surface area (Å²) in [6.07, 6.45) is 2.68. The van der Waals surface area contributed by atoms with E-state index in [0.717, 1.165) is 13.1 Å². The Bertz CT molecular complexity index is 291. The van der Waals surface area contributed by atoms with Crippen molar-refractivity contribution in [3.05, 3.63) is 35.9 Å². The largest absolute Gasteiger partial charge is 0.313 e. The van der Waals surface area contributed by atoms with E-state index in [1.807, 2.05) is 0 Å². The molecule has 0 radical (unpaired) electrons. The molecule has 88 valence electrons. The minimum absolute atomic E-state index is 0.712. The first kappa shape index (κ1) is 11.6. The topological polar surface area (TPSA) is 15.3 Å². The number of nitrogens with one attached hydrogen (secondary N) is 1. The summed E-state index contributed by atoms with van der Waals surface area (Å²) in [5.41, 5.74) is 1.42. The van der Waals surface area contributed by atoms with E-state index < -0.39 is 0 Å². The van der Waals surface area contributed by atoms with Crippen LogP contribution in [-0.2, 0) is 6.54 Å². The normalized spacial score (nSPS) is 20.5. The molecule has 1 fully saturated rings. The van der Waals surface area contributed by atoms with Crippen molar-refractivity contribution in [3.8, 4) is 0 Å². The summed E-state index contributed by atoms with van der Waals surface area (Å²) in [5, 5.41) is 3.57. The standard InChI is InChI=1S/C14H22N2/c1-2-16(12-14-9-6-10-15-14)11-13-7-4-3-5-8-13/h3-5,7-8,14-15H,2,6,9-12H2,1H3/t14-/m0/s1. The molecule has 1 aliphatic heterocycles. The van der Waals surface area contributed by atoms with E-state index in [0.29, 0.717) is 6.04 Å². The highest BCUT2D eigenvalue weighted by molar-refractivity contribution is 5.14. The van der Waals surface area contributed by atoms with Crippen LogP contribution in [0.1, 0.15) is 25.3 Å². The molecule has 1 heterocycles. The Morgan fingerprint density at radius 2 is 2.12 bits per heavy atom. The van der Waals surface area contributed by atoms with Crippen LogP contribution in [0, 0.1) is 0 Å². The van der Waals surface area contributed by atoms with E-state index in [1.165, 1.54) is 31.5 Å². The van der Waals surface area contributed by atoms with Crippen LogP contribution in [0.5, 0.6) is 0 Å². The summed E-state index contributed by atoms with van der Waals surface area (Å²) in [6.45, 7) is 6.85. The molecule has 16 heavy (non-hydrogen) atoms. The zero-order chi connectivity index (χ0) is 11.2. The van der Waals surface area contributed by atoms with Crippen molar-refractivity contribution in [3.63, 3.8) is 0 Å². The van der Waals surface area contributed by atoms with Crippen LogP contribution < -0.4 is 5.32 Å². The molecule has 1 aromatic carbocycles. The first-order valence-electron chi connectivity index (χ1n) is 6.38. The van der Waals surface area contributed by atoms with Gasteiger partial charge in [-0.05, 0) is 31.5 Å². The third kappa shape index (κ3) is 3.32. The van der Waals surface area contributed by atoms with Gasteiger partial charge in [0.1, 0.15) is 0 Å². The van der Waals surface area contributed by atoms with Gasteiger partial charge in [0.25, 0.3) is 0 Å². The number of benzene rings is 1. The summed E-state index contributed by atoms with van der Waals surface area (Å²) in [6, 6.07) is 11.5. The molecule has 2 heteroatoms. The van der Waals surface area contributed by atoms with Gasteiger partial charge >= 0.3 is 0 Å². The lowest BCUT2D eigenvalue weighted by Gasteiger charge is -2.24. The fourth-order valence-corrected chi connectivity index (χ4v) is 2.37. The molecule has 0 saturated carbocycles. The first-order valence-corrected chi connectivity index (χ1v) is 6.38. The highest BCUT2D eigenvalue weighted by Gasteiger charge is 2.16. The van der Waals surface area contributed by atoms with E-state index in [1.54, 1.807) is 0 Å². The second-order valence-electron chi connectivity index (χ2n) is 4.61. The fraction of sp³-hybridized carbons (Fsp3) is 0.571. The van der Waals surface area contributed by atoms with Gasteiger partial charge in [0.2, 0.25) is 0 Å². The van der Waals surface area contributed by atoms with Crippen molar-refractivity contribution in [2.45, 2.75) is 32.4 Å². The molecule has 1 atom stereocenters. The van der Waals surface area contributed by atoms with Gasteiger partial charge in [0.15, 0.2) is 0 Å². The molecule has 1 aliphatic rings. The van der Waals surface area contributed by atoms with Crippen molar-refractivity contribution in [1.82, 2.24) is 10.2 Å². The van der Waals surface area contributed by atoms with Gasteiger partial charge in [0, 0.05) is 19.1 Å². The van der Waals surface area contributed by atoms with E-state index in [-0.39, 0.29) is 0 Å². The number of likely N-dealkylation sites (N-methyl/N-ethyl adjacent to an activating group) is 1. The van der Waals surface area contributed by atoms with Crippen LogP contribution in [0.15, 0.2) is 30.3 Å². The lowest BCUT2D eigenvalue weighted by molar-refractivity contribution is 0.253. The highest BCUT2D eigenvalue weighted by atomic mass is 15.1. The Labute approximate surface area is 98.7 Å². The molecule has 0 bridgehead atoms. The third-order valence-corrected chi connectivity index (χ3v) is 3.34. The average molecular weight is 218 g/mol. The van der Waals surface area contributed by atoms with Gasteiger partial charge in [-0.2, -0.15) is 0 Å². The lowest BCUT2D eigenvalue weighted by Crippen LogP contribution is -2.37. The van der Waals surface area contributed by atoms with Crippen LogP contribution in [0.4, 0.5) is 0 Å². The van der Waals surface area contributed by atoms with Gasteiger partial charge in [-0.25, -0.2) is 0 Å². The van der Waals surface area contributed by atoms with Crippen LogP contribution in [0.25, 0.3) is 0 Å². The molecule has 1 aromatic rings. The predicted octanol–water partition coefficient (Wildman–Crippen LogP) is 2.26. The lowest BCUT2D eigenvalue weighted by atomic mass is 10.2. The Hall–Kier alpha value is -0.860. The Balaban J connectivity index is 1.85. The molecular weight excluding hydrogens is 196 g/mol. The molecule has 1 saturated heterocycles. The van der Waals surface area contributed by atoms with E-state index in [9.17, 15) is 0 Å². The maximum Gasteiger partial charge on any atom is 0.0234 e. The van der Waals surface area contributed by atoms with Gasteiger partial charge in [0.05, 0.1) is 0 Å². The van der Waals surface area contributed by atoms with Crippen LogP contribution in [-0.4, -0.2) is 30.6 Å². The predicted molar refractivity (Wildman–Crippen MR) is 68.4 cm³/mol. The summed E-state index contributed by atoms with van der Waals surface area (Å²) >= 11 is 0. The van der Waals surface area contributed by atoms with Gasteiger partial charge in [-0.3, -0.25) is 4.90 Å². The molecule has 0 unspecified atom stereocenters. The molecule has 2 rings (SSSR count). The minimum Gasteiger partial charge on any atom is -0.313 e. The van der Waals surface area contributed by atoms with Gasteiger partial charge in [-0.15, -0.1) is 0 Å². The smallest absolute Gasteiger partial charge is 0.0234 e. The van der Waals surface area contributed by atoms with E-state index >= 15 is 0 Å².